The zero-order valence-electron chi connectivity index (χ0n) is 25.1. The molecule has 3 heterocycles. The summed E-state index contributed by atoms with van der Waals surface area (Å²) in [6.07, 6.45) is -11.1. The van der Waals surface area contributed by atoms with Crippen molar-refractivity contribution in [3.63, 3.8) is 0 Å². The Morgan fingerprint density at radius 3 is 2.21 bits per heavy atom. The van der Waals surface area contributed by atoms with Gasteiger partial charge >= 0.3 is 24.4 Å². The number of hydrogen-bond acceptors (Lipinski definition) is 7. The van der Waals surface area contributed by atoms with E-state index in [4.69, 9.17) is 9.47 Å². The van der Waals surface area contributed by atoms with E-state index in [2.05, 4.69) is 9.97 Å². The summed E-state index contributed by atoms with van der Waals surface area (Å²) in [5.41, 5.74) is -2.29. The third-order valence-electron chi connectivity index (χ3n) is 8.68. The van der Waals surface area contributed by atoms with Crippen molar-refractivity contribution in [2.75, 3.05) is 25.1 Å². The number of carbonyl (C=O) groups is 2. The molecule has 256 valence electrons. The summed E-state index contributed by atoms with van der Waals surface area (Å²) in [4.78, 5) is 35.6. The van der Waals surface area contributed by atoms with Gasteiger partial charge in [-0.2, -0.15) is 26.3 Å². The topological polar surface area (TPSA) is 105 Å². The van der Waals surface area contributed by atoms with Crippen LogP contribution in [0.5, 0.6) is 5.75 Å². The lowest BCUT2D eigenvalue weighted by Crippen LogP contribution is -2.57. The second-order valence-corrected chi connectivity index (χ2v) is 12.0. The van der Waals surface area contributed by atoms with E-state index in [0.717, 1.165) is 4.90 Å². The minimum Gasteiger partial charge on any atom is -0.496 e. The van der Waals surface area contributed by atoms with Crippen LogP contribution in [-0.2, 0) is 28.4 Å². The van der Waals surface area contributed by atoms with Crippen LogP contribution < -0.4 is 9.64 Å². The highest BCUT2D eigenvalue weighted by atomic mass is 19.4. The number of carbonyl (C=O) groups excluding carboxylic acids is 1. The molecule has 0 radical (unpaired) electrons. The first kappa shape index (κ1) is 33.2. The maximum atomic E-state index is 13.7. The number of benzene rings is 2. The molecule has 2 saturated heterocycles. The van der Waals surface area contributed by atoms with Crippen LogP contribution in [0.15, 0.2) is 42.6 Å². The number of anilines is 1. The van der Waals surface area contributed by atoms with Crippen molar-refractivity contribution < 1.29 is 59.3 Å². The highest BCUT2D eigenvalue weighted by molar-refractivity contribution is 5.78. The van der Waals surface area contributed by atoms with Gasteiger partial charge < -0.3 is 19.5 Å². The lowest BCUT2D eigenvalue weighted by molar-refractivity contribution is -0.143. The van der Waals surface area contributed by atoms with E-state index in [1.165, 1.54) is 25.1 Å². The van der Waals surface area contributed by atoms with Crippen LogP contribution in [0, 0.1) is 5.92 Å². The van der Waals surface area contributed by atoms with Gasteiger partial charge in [-0.25, -0.2) is 23.5 Å². The quantitative estimate of drug-likeness (QED) is 0.255. The molecular weight excluding hydrogens is 660 g/mol. The average Bonchev–Trinajstić information content (AvgIpc) is 3.76. The minimum absolute atomic E-state index is 0.0292. The molecule has 1 aliphatic carbocycles. The number of aliphatic carboxylic acids is 1. The Labute approximate surface area is 267 Å². The Balaban J connectivity index is 1.38. The van der Waals surface area contributed by atoms with Crippen LogP contribution in [0.4, 0.5) is 45.9 Å². The minimum atomic E-state index is -5.12. The Hall–Kier alpha value is -4.70. The second-order valence-electron chi connectivity index (χ2n) is 12.0. The van der Waals surface area contributed by atoms with Gasteiger partial charge in [-0.1, -0.05) is 6.07 Å². The van der Waals surface area contributed by atoms with Crippen molar-refractivity contribution in [3.05, 3.63) is 70.5 Å². The summed E-state index contributed by atoms with van der Waals surface area (Å²) >= 11 is 0. The van der Waals surface area contributed by atoms with Crippen LogP contribution in [-0.4, -0.2) is 64.2 Å². The Morgan fingerprint density at radius 2 is 1.67 bits per heavy atom. The summed E-state index contributed by atoms with van der Waals surface area (Å²) in [5, 5.41) is 9.42. The molecule has 48 heavy (non-hydrogen) atoms. The summed E-state index contributed by atoms with van der Waals surface area (Å²) in [6.45, 7) is -0.388. The number of amides is 1. The highest BCUT2D eigenvalue weighted by Crippen LogP contribution is 2.49. The largest absolute Gasteiger partial charge is 0.496 e. The van der Waals surface area contributed by atoms with E-state index < -0.39 is 84.7 Å². The van der Waals surface area contributed by atoms with E-state index in [9.17, 15) is 49.8 Å². The summed E-state index contributed by atoms with van der Waals surface area (Å²) in [5.74, 6) is -4.63. The molecule has 0 bridgehead atoms. The zero-order valence-corrected chi connectivity index (χ0v) is 25.1. The van der Waals surface area contributed by atoms with Crippen molar-refractivity contribution in [1.82, 2.24) is 14.9 Å². The standard InChI is InChI=1S/C31H26F8N4O5/c1-14-25(16-5-17(30(34,35)36)8-18(6-16)31(37,38)39)48-28(46)43(14)11-23-22(10-40-27(41-23)42-12-29(32,33)13-42)20-7-15(3-4-24(20)47-2)19-9-21(19)26(44)45/h3-8,10,14,19,21,25H,9,11-13H2,1-2H3,(H,44,45)/t14-,19+,21-,25-/m0/s1. The molecule has 1 amide bonds. The molecular formula is C31H26F8N4O5. The predicted octanol–water partition coefficient (Wildman–Crippen LogP) is 6.92. The molecule has 0 spiro atoms. The third-order valence-corrected chi connectivity index (χ3v) is 8.68. The molecule has 3 aromatic rings. The van der Waals surface area contributed by atoms with Crippen molar-refractivity contribution >= 4 is 18.0 Å². The van der Waals surface area contributed by atoms with Crippen molar-refractivity contribution in [1.29, 1.82) is 0 Å². The number of carboxylic acid groups (broad SMARTS) is 1. The number of hydrogen-bond donors (Lipinski definition) is 1. The van der Waals surface area contributed by atoms with Gasteiger partial charge in [0.1, 0.15) is 11.9 Å². The monoisotopic (exact) mass is 686 g/mol. The highest BCUT2D eigenvalue weighted by Gasteiger charge is 2.47. The molecule has 1 N–H and O–H groups in total. The lowest BCUT2D eigenvalue weighted by atomic mass is 9.96. The number of cyclic esters (lactones) is 1. The van der Waals surface area contributed by atoms with Gasteiger partial charge in [0.15, 0.2) is 0 Å². The van der Waals surface area contributed by atoms with Gasteiger partial charge in [0, 0.05) is 17.3 Å². The first-order valence-electron chi connectivity index (χ1n) is 14.5. The summed E-state index contributed by atoms with van der Waals surface area (Å²) in [7, 11) is 1.38. The number of carboxylic acids is 1. The fourth-order valence-corrected chi connectivity index (χ4v) is 6.03. The Morgan fingerprint density at radius 1 is 1.02 bits per heavy atom. The Bertz CT molecular complexity index is 1740. The van der Waals surface area contributed by atoms with Crippen molar-refractivity contribution in [3.8, 4) is 16.9 Å². The number of methoxy groups -OCH3 is 1. The fourth-order valence-electron chi connectivity index (χ4n) is 6.03. The lowest BCUT2D eigenvalue weighted by Gasteiger charge is -2.38. The number of halogens is 8. The number of alkyl halides is 8. The first-order chi connectivity index (χ1) is 22.4. The van der Waals surface area contributed by atoms with Crippen LogP contribution in [0.25, 0.3) is 11.1 Å². The molecule has 6 rings (SSSR count). The molecule has 4 atom stereocenters. The predicted molar refractivity (Wildman–Crippen MR) is 150 cm³/mol. The molecule has 3 aliphatic rings. The Kier molecular flexibility index (Phi) is 7.94. The van der Waals surface area contributed by atoms with Gasteiger partial charge in [0.25, 0.3) is 5.92 Å². The SMILES string of the molecule is COc1ccc([C@H]2C[C@@H]2C(=O)O)cc1-c1cnc(N2CC(F)(F)C2)nc1CN1C(=O)O[C@H](c2cc(C(F)(F)F)cc(C(F)(F)F)c2)[C@@H]1C. The van der Waals surface area contributed by atoms with Gasteiger partial charge in [-0.15, -0.1) is 0 Å². The number of aromatic nitrogens is 2. The number of nitrogens with zero attached hydrogens (tertiary/aromatic N) is 4. The van der Waals surface area contributed by atoms with E-state index in [1.54, 1.807) is 18.2 Å². The normalized spacial score (nSPS) is 23.5. The van der Waals surface area contributed by atoms with E-state index in [1.807, 2.05) is 0 Å². The average molecular weight is 687 g/mol. The van der Waals surface area contributed by atoms with E-state index in [-0.39, 0.29) is 29.2 Å². The first-order valence-corrected chi connectivity index (χ1v) is 14.5. The van der Waals surface area contributed by atoms with Crippen LogP contribution in [0.1, 0.15) is 53.3 Å². The van der Waals surface area contributed by atoms with E-state index >= 15 is 0 Å². The molecule has 1 aromatic heterocycles. The van der Waals surface area contributed by atoms with Gasteiger partial charge in [0.05, 0.1) is 55.5 Å². The van der Waals surface area contributed by atoms with Gasteiger partial charge in [-0.05, 0) is 60.7 Å². The molecule has 9 nitrogen and oxygen atoms in total. The maximum Gasteiger partial charge on any atom is 0.416 e. The second kappa shape index (κ2) is 11.5. The van der Waals surface area contributed by atoms with E-state index in [0.29, 0.717) is 35.4 Å². The van der Waals surface area contributed by atoms with Gasteiger partial charge in [-0.3, -0.25) is 9.69 Å². The molecule has 0 unspecified atom stereocenters. The van der Waals surface area contributed by atoms with Gasteiger partial charge in [0.2, 0.25) is 5.95 Å². The molecule has 2 aliphatic heterocycles. The zero-order chi connectivity index (χ0) is 34.9. The van der Waals surface area contributed by atoms with Crippen LogP contribution in [0.2, 0.25) is 0 Å². The molecule has 2 aromatic carbocycles. The van der Waals surface area contributed by atoms with Crippen molar-refractivity contribution in [2.24, 2.45) is 5.92 Å². The summed E-state index contributed by atoms with van der Waals surface area (Å²) < 4.78 is 120. The van der Waals surface area contributed by atoms with Crippen molar-refractivity contribution in [2.45, 2.75) is 56.2 Å². The third kappa shape index (κ3) is 6.29. The maximum absolute atomic E-state index is 13.7. The van der Waals surface area contributed by atoms with Crippen LogP contribution >= 0.6 is 0 Å². The fraction of sp³-hybridized carbons (Fsp3) is 0.419. The molecule has 17 heteroatoms. The smallest absolute Gasteiger partial charge is 0.416 e. The van der Waals surface area contributed by atoms with Crippen LogP contribution in [0.3, 0.4) is 0 Å². The molecule has 3 fully saturated rings. The number of rotatable bonds is 8. The molecule has 1 saturated carbocycles. The summed E-state index contributed by atoms with van der Waals surface area (Å²) in [6, 6.07) is 4.80. The number of ether oxygens (including phenoxy) is 2.